The Morgan fingerprint density at radius 2 is 1.97 bits per heavy atom. The molecule has 0 spiro atoms. The first-order chi connectivity index (χ1) is 13.9. The van der Waals surface area contributed by atoms with Crippen molar-refractivity contribution in [2.75, 3.05) is 6.61 Å². The molecule has 1 atom stereocenters. The van der Waals surface area contributed by atoms with Crippen molar-refractivity contribution < 1.29 is 28.2 Å². The predicted octanol–water partition coefficient (Wildman–Crippen LogP) is 4.08. The lowest BCUT2D eigenvalue weighted by atomic mass is 9.87. The molecular formula is C22H27F2NO4. The van der Waals surface area contributed by atoms with Gasteiger partial charge in [0.05, 0.1) is 19.1 Å². The van der Waals surface area contributed by atoms with Crippen molar-refractivity contribution in [1.82, 2.24) is 0 Å². The number of aliphatic imine (C=N–C) groups is 1. The molecule has 29 heavy (non-hydrogen) atoms. The average molecular weight is 407 g/mol. The van der Waals surface area contributed by atoms with Crippen LogP contribution in [0.25, 0.3) is 0 Å². The van der Waals surface area contributed by atoms with Gasteiger partial charge >= 0.3 is 5.97 Å². The van der Waals surface area contributed by atoms with Gasteiger partial charge in [-0.3, -0.25) is 4.79 Å². The lowest BCUT2D eigenvalue weighted by Gasteiger charge is -2.23. The number of aliphatic hydroxyl groups is 1. The van der Waals surface area contributed by atoms with Crippen LogP contribution in [0, 0.1) is 17.6 Å². The van der Waals surface area contributed by atoms with E-state index in [9.17, 15) is 18.7 Å². The number of benzene rings is 1. The quantitative estimate of drug-likeness (QED) is 0.722. The minimum Gasteiger partial charge on any atom is -0.466 e. The van der Waals surface area contributed by atoms with E-state index in [0.29, 0.717) is 22.6 Å². The largest absolute Gasteiger partial charge is 0.466 e. The summed E-state index contributed by atoms with van der Waals surface area (Å²) in [6.07, 6.45) is 2.74. The summed E-state index contributed by atoms with van der Waals surface area (Å²) < 4.78 is 37.5. The van der Waals surface area contributed by atoms with Crippen LogP contribution in [-0.4, -0.2) is 35.9 Å². The molecular weight excluding hydrogens is 380 g/mol. The molecule has 3 rings (SSSR count). The molecule has 1 unspecified atom stereocenters. The van der Waals surface area contributed by atoms with Crippen LogP contribution in [0.2, 0.25) is 0 Å². The summed E-state index contributed by atoms with van der Waals surface area (Å²) in [4.78, 5) is 16.8. The number of esters is 1. The molecule has 0 aromatic heterocycles. The van der Waals surface area contributed by atoms with Gasteiger partial charge in [0, 0.05) is 17.6 Å². The molecule has 1 heterocycles. The summed E-state index contributed by atoms with van der Waals surface area (Å²) in [5.41, 5.74) is 1.36. The van der Waals surface area contributed by atoms with E-state index in [-0.39, 0.29) is 31.4 Å². The zero-order chi connectivity index (χ0) is 21.0. The number of ether oxygens (including phenoxy) is 2. The number of carbonyl (C=O) groups excluding carboxylic acids is 1. The van der Waals surface area contributed by atoms with Gasteiger partial charge in [-0.1, -0.05) is 13.0 Å². The van der Waals surface area contributed by atoms with Crippen LogP contribution in [0.4, 0.5) is 8.78 Å². The Hall–Kier alpha value is -2.28. The zero-order valence-electron chi connectivity index (χ0n) is 16.8. The summed E-state index contributed by atoms with van der Waals surface area (Å²) in [5.74, 6) is -1.43. The smallest absolute Gasteiger partial charge is 0.310 e. The Morgan fingerprint density at radius 1 is 1.24 bits per heavy atom. The number of aliphatic hydroxyl groups excluding tert-OH is 1. The Bertz CT molecular complexity index is 813. The second-order valence-corrected chi connectivity index (χ2v) is 7.73. The van der Waals surface area contributed by atoms with Gasteiger partial charge in [-0.15, -0.1) is 0 Å². The van der Waals surface area contributed by atoms with Crippen LogP contribution in [0.1, 0.15) is 51.5 Å². The summed E-state index contributed by atoms with van der Waals surface area (Å²) in [6, 6.07) is 3.64. The zero-order valence-corrected chi connectivity index (χ0v) is 16.8. The third-order valence-electron chi connectivity index (χ3n) is 5.46. The molecule has 158 valence electrons. The van der Waals surface area contributed by atoms with E-state index in [1.165, 1.54) is 6.07 Å². The second kappa shape index (κ2) is 9.48. The molecule has 0 amide bonds. The predicted molar refractivity (Wildman–Crippen MR) is 104 cm³/mol. The van der Waals surface area contributed by atoms with E-state index in [0.717, 1.165) is 37.8 Å². The molecule has 1 aromatic carbocycles. The van der Waals surface area contributed by atoms with Crippen LogP contribution in [0.3, 0.4) is 0 Å². The molecule has 1 saturated carbocycles. The maximum absolute atomic E-state index is 13.6. The summed E-state index contributed by atoms with van der Waals surface area (Å²) in [7, 11) is 0. The standard InChI is InChI=1S/C22H27F2NO4/c1-3-28-20(26)12-16-17(10-14-6-9-18(23)19(24)11-14)22(27)29-21(16)25-15-7-4-13(2)5-8-15/h6,9,11,13,15,22,27H,3-5,7-8,10,12H2,1-2H3/b25-21-. The third kappa shape index (κ3) is 5.41. The minimum atomic E-state index is -1.28. The molecule has 0 saturated heterocycles. The SMILES string of the molecule is CCOC(=O)CC1=C(Cc2ccc(F)c(F)c2)C(O)O/C1=N\C1CCC(C)CC1. The highest BCUT2D eigenvalue weighted by Gasteiger charge is 2.33. The first-order valence-corrected chi connectivity index (χ1v) is 10.1. The van der Waals surface area contributed by atoms with Gasteiger partial charge in [0.15, 0.2) is 11.6 Å². The topological polar surface area (TPSA) is 68.1 Å². The maximum atomic E-state index is 13.6. The van der Waals surface area contributed by atoms with E-state index in [1.807, 2.05) is 0 Å². The van der Waals surface area contributed by atoms with E-state index >= 15 is 0 Å². The first-order valence-electron chi connectivity index (χ1n) is 10.1. The molecule has 1 aliphatic carbocycles. The van der Waals surface area contributed by atoms with Gasteiger partial charge in [-0.05, 0) is 56.2 Å². The number of hydrogen-bond donors (Lipinski definition) is 1. The summed E-state index contributed by atoms with van der Waals surface area (Å²) in [6.45, 7) is 4.17. The van der Waals surface area contributed by atoms with Crippen LogP contribution in [0.5, 0.6) is 0 Å². The number of halogens is 2. The fraction of sp³-hybridized carbons (Fsp3) is 0.545. The lowest BCUT2D eigenvalue weighted by molar-refractivity contribution is -0.142. The molecule has 1 N–H and O–H groups in total. The van der Waals surface area contributed by atoms with Crippen molar-refractivity contribution >= 4 is 11.9 Å². The van der Waals surface area contributed by atoms with Gasteiger partial charge in [0.2, 0.25) is 12.2 Å². The Balaban J connectivity index is 1.89. The average Bonchev–Trinajstić information content (AvgIpc) is 2.95. The molecule has 5 nitrogen and oxygen atoms in total. The molecule has 7 heteroatoms. The van der Waals surface area contributed by atoms with Crippen LogP contribution in [0.15, 0.2) is 34.3 Å². The van der Waals surface area contributed by atoms with Gasteiger partial charge < -0.3 is 14.6 Å². The molecule has 2 aliphatic rings. The fourth-order valence-corrected chi connectivity index (χ4v) is 3.79. The van der Waals surface area contributed by atoms with E-state index in [1.54, 1.807) is 6.92 Å². The van der Waals surface area contributed by atoms with E-state index < -0.39 is 23.9 Å². The summed E-state index contributed by atoms with van der Waals surface area (Å²) in [5, 5.41) is 10.4. The summed E-state index contributed by atoms with van der Waals surface area (Å²) >= 11 is 0. The number of hydrogen-bond acceptors (Lipinski definition) is 5. The number of rotatable bonds is 6. The van der Waals surface area contributed by atoms with Gasteiger partial charge in [-0.2, -0.15) is 0 Å². The van der Waals surface area contributed by atoms with Crippen LogP contribution >= 0.6 is 0 Å². The molecule has 0 bridgehead atoms. The van der Waals surface area contributed by atoms with Crippen molar-refractivity contribution in [3.63, 3.8) is 0 Å². The van der Waals surface area contributed by atoms with E-state index in [4.69, 9.17) is 9.47 Å². The Morgan fingerprint density at radius 3 is 2.62 bits per heavy atom. The van der Waals surface area contributed by atoms with Gasteiger partial charge in [0.1, 0.15) is 0 Å². The second-order valence-electron chi connectivity index (χ2n) is 7.73. The van der Waals surface area contributed by atoms with Crippen molar-refractivity contribution in [1.29, 1.82) is 0 Å². The monoisotopic (exact) mass is 407 g/mol. The highest BCUT2D eigenvalue weighted by atomic mass is 19.2. The van der Waals surface area contributed by atoms with Gasteiger partial charge in [0.25, 0.3) is 0 Å². The molecule has 1 fully saturated rings. The fourth-order valence-electron chi connectivity index (χ4n) is 3.79. The Labute approximate surface area is 169 Å². The highest BCUT2D eigenvalue weighted by Crippen LogP contribution is 2.32. The lowest BCUT2D eigenvalue weighted by Crippen LogP contribution is -2.19. The van der Waals surface area contributed by atoms with Crippen molar-refractivity contribution in [2.45, 2.75) is 64.7 Å². The molecule has 0 radical (unpaired) electrons. The number of nitrogens with zero attached hydrogens (tertiary/aromatic N) is 1. The number of carbonyl (C=O) groups is 1. The van der Waals surface area contributed by atoms with Crippen LogP contribution < -0.4 is 0 Å². The van der Waals surface area contributed by atoms with E-state index in [2.05, 4.69) is 11.9 Å². The van der Waals surface area contributed by atoms with Crippen LogP contribution in [-0.2, 0) is 20.7 Å². The highest BCUT2D eigenvalue weighted by molar-refractivity contribution is 6.00. The van der Waals surface area contributed by atoms with Crippen molar-refractivity contribution in [3.8, 4) is 0 Å². The molecule has 1 aliphatic heterocycles. The minimum absolute atomic E-state index is 0.0770. The maximum Gasteiger partial charge on any atom is 0.310 e. The van der Waals surface area contributed by atoms with Gasteiger partial charge in [-0.25, -0.2) is 13.8 Å². The molecule has 1 aromatic rings. The van der Waals surface area contributed by atoms with Crippen molar-refractivity contribution in [2.24, 2.45) is 10.9 Å². The normalized spacial score (nSPS) is 26.0. The Kier molecular flexibility index (Phi) is 7.00. The van der Waals surface area contributed by atoms with Crippen molar-refractivity contribution in [3.05, 3.63) is 46.5 Å². The first kappa shape index (κ1) is 21.4. The third-order valence-corrected chi connectivity index (χ3v) is 5.46.